The molecule has 0 amide bonds. The summed E-state index contributed by atoms with van der Waals surface area (Å²) in [4.78, 5) is 0. The van der Waals surface area contributed by atoms with E-state index in [1.165, 1.54) is 0 Å². The van der Waals surface area contributed by atoms with Crippen molar-refractivity contribution in [1.29, 1.82) is 0 Å². The zero-order valence-electron chi connectivity index (χ0n) is 9.89. The average molecular weight is 435 g/mol. The first-order valence-electron chi connectivity index (χ1n) is 4.91. The second kappa shape index (κ2) is 9.47. The van der Waals surface area contributed by atoms with Crippen molar-refractivity contribution < 1.29 is 13.6 Å². The van der Waals surface area contributed by atoms with Gasteiger partial charge in [0.2, 0.25) is 7.59 Å². The van der Waals surface area contributed by atoms with Gasteiger partial charge in [0, 0.05) is 0 Å². The van der Waals surface area contributed by atoms with Crippen molar-refractivity contribution in [3.63, 3.8) is 0 Å². The van der Waals surface area contributed by atoms with E-state index in [0.29, 0.717) is 0 Å². The van der Waals surface area contributed by atoms with E-state index in [9.17, 15) is 0 Å². The largest absolute Gasteiger partial charge is 0.334 e. The van der Waals surface area contributed by atoms with E-state index in [-0.39, 0.29) is 19.1 Å². The highest BCUT2D eigenvalue weighted by Crippen LogP contribution is 2.47. The Morgan fingerprint density at radius 3 is 1.53 bits per heavy atom. The molecule has 0 aromatic heterocycles. The summed E-state index contributed by atoms with van der Waals surface area (Å²) in [6.07, 6.45) is 0. The molecule has 0 saturated carbocycles. The average Bonchev–Trinajstić information content (AvgIpc) is 2.19. The van der Waals surface area contributed by atoms with Gasteiger partial charge in [-0.2, -0.15) is 0 Å². The fourth-order valence-electron chi connectivity index (χ4n) is 0.554. The van der Waals surface area contributed by atoms with E-state index in [1.54, 1.807) is 0 Å². The smallest absolute Gasteiger partial charge is 0.308 e. The van der Waals surface area contributed by atoms with Gasteiger partial charge < -0.3 is 9.05 Å². The maximum Gasteiger partial charge on any atom is 0.334 e. The Kier molecular flexibility index (Phi) is 10.6. The molecule has 0 N–H and O–H groups in total. The van der Waals surface area contributed by atoms with E-state index in [4.69, 9.17) is 94.8 Å². The topological polar surface area (TPSA) is 27.7 Å². The summed E-state index contributed by atoms with van der Waals surface area (Å²) in [5, 5.41) is 0. The maximum absolute atomic E-state index is 5.95. The normalized spacial score (nSPS) is 15.3. The molecule has 0 heterocycles. The summed E-state index contributed by atoms with van der Waals surface area (Å²) in [6.45, 7) is 3.22. The van der Waals surface area contributed by atoms with Crippen molar-refractivity contribution in [2.24, 2.45) is 5.92 Å². The number of alkyl halides is 7. The van der Waals surface area contributed by atoms with Gasteiger partial charge in [-0.15, -0.1) is 0 Å². The Balaban J connectivity index is 4.38. The molecular weight excluding hydrogens is 423 g/mol. The molecule has 0 aliphatic heterocycles. The lowest BCUT2D eigenvalue weighted by Crippen LogP contribution is -2.18. The molecule has 0 spiro atoms. The first-order chi connectivity index (χ1) is 8.41. The van der Waals surface area contributed by atoms with Crippen LogP contribution in [-0.4, -0.2) is 26.4 Å². The first kappa shape index (κ1) is 21.3. The summed E-state index contributed by atoms with van der Waals surface area (Å²) in [5.74, 6) is 0.0272. The highest BCUT2D eigenvalue weighted by atomic mass is 35.6. The lowest BCUT2D eigenvalue weighted by molar-refractivity contribution is 0.134. The van der Waals surface area contributed by atoms with E-state index >= 15 is 0 Å². The van der Waals surface area contributed by atoms with Gasteiger partial charge in [-0.3, -0.25) is 4.52 Å². The van der Waals surface area contributed by atoms with Crippen molar-refractivity contribution in [3.05, 3.63) is 0 Å². The molecule has 0 saturated heterocycles. The fourth-order valence-corrected chi connectivity index (χ4v) is 2.74. The lowest BCUT2D eigenvalue weighted by Gasteiger charge is -2.24. The molecule has 19 heavy (non-hydrogen) atoms. The molecule has 0 fully saturated rings. The highest BCUT2D eigenvalue weighted by Gasteiger charge is 2.30. The second-order valence-corrected chi connectivity index (χ2v) is 10.3. The number of halogens is 7. The van der Waals surface area contributed by atoms with Crippen LogP contribution in [0.4, 0.5) is 0 Å². The molecule has 0 aliphatic carbocycles. The number of rotatable bonds is 7. The molecule has 0 aromatic carbocycles. The van der Waals surface area contributed by atoms with Crippen molar-refractivity contribution in [3.8, 4) is 0 Å². The van der Waals surface area contributed by atoms with E-state index in [1.807, 2.05) is 13.8 Å². The van der Waals surface area contributed by atoms with E-state index < -0.39 is 21.8 Å². The standard InChI is InChI=1S/C8H12Cl7O3P/c1-5(2)6(9)18-19(16-3-7(10,11)12)17-4-8(13,14)15/h5-6H,3-4H2,1-2H3/t6-/m0/s1. The van der Waals surface area contributed by atoms with Crippen LogP contribution in [0.15, 0.2) is 0 Å². The Hall–Kier alpha value is 2.34. The molecule has 0 bridgehead atoms. The Morgan fingerprint density at radius 2 is 1.26 bits per heavy atom. The van der Waals surface area contributed by atoms with E-state index in [0.717, 1.165) is 0 Å². The van der Waals surface area contributed by atoms with Gasteiger partial charge >= 0.3 is 8.60 Å². The summed E-state index contributed by atoms with van der Waals surface area (Å²) < 4.78 is 12.5. The van der Waals surface area contributed by atoms with Gasteiger partial charge in [-0.25, -0.2) is 0 Å². The first-order valence-corrected chi connectivity index (χ1v) is 8.71. The van der Waals surface area contributed by atoms with Crippen LogP contribution < -0.4 is 0 Å². The van der Waals surface area contributed by atoms with Crippen molar-refractivity contribution in [2.75, 3.05) is 13.2 Å². The fraction of sp³-hybridized carbons (Fsp3) is 1.00. The van der Waals surface area contributed by atoms with Crippen molar-refractivity contribution in [2.45, 2.75) is 27.0 Å². The molecule has 0 aliphatic rings. The molecule has 0 aromatic rings. The Morgan fingerprint density at radius 1 is 0.895 bits per heavy atom. The molecule has 116 valence electrons. The predicted molar refractivity (Wildman–Crippen MR) is 85.0 cm³/mol. The molecule has 0 radical (unpaired) electrons. The van der Waals surface area contributed by atoms with Crippen LogP contribution in [0.5, 0.6) is 0 Å². The third-order valence-corrected chi connectivity index (χ3v) is 3.83. The maximum atomic E-state index is 5.95. The third kappa shape index (κ3) is 13.7. The van der Waals surface area contributed by atoms with Crippen molar-refractivity contribution in [1.82, 2.24) is 0 Å². The zero-order chi connectivity index (χ0) is 15.3. The summed E-state index contributed by atoms with van der Waals surface area (Å²) in [5.41, 5.74) is -0.642. The van der Waals surface area contributed by atoms with Gasteiger partial charge in [0.1, 0.15) is 18.8 Å². The zero-order valence-corrected chi connectivity index (χ0v) is 16.1. The second-order valence-electron chi connectivity index (χ2n) is 3.70. The van der Waals surface area contributed by atoms with E-state index in [2.05, 4.69) is 0 Å². The monoisotopic (exact) mass is 432 g/mol. The highest BCUT2D eigenvalue weighted by molar-refractivity contribution is 7.41. The van der Waals surface area contributed by atoms with Gasteiger partial charge in [-0.1, -0.05) is 95.1 Å². The van der Waals surface area contributed by atoms with Crippen LogP contribution in [-0.2, 0) is 13.6 Å². The Labute approximate surface area is 149 Å². The molecule has 3 nitrogen and oxygen atoms in total. The van der Waals surface area contributed by atoms with Gasteiger partial charge in [0.05, 0.1) is 0 Å². The Bertz CT molecular complexity index is 238. The predicted octanol–water partition coefficient (Wildman–Crippen LogP) is 6.22. The SMILES string of the molecule is CC(C)[C@@H](Cl)OP(OCC(Cl)(Cl)Cl)OCC(Cl)(Cl)Cl. The number of hydrogen-bond acceptors (Lipinski definition) is 3. The molecule has 1 atom stereocenters. The summed E-state index contributed by atoms with van der Waals surface area (Å²) in [7, 11) is -1.90. The minimum Gasteiger partial charge on any atom is -0.308 e. The quantitative estimate of drug-likeness (QED) is 0.351. The van der Waals surface area contributed by atoms with Gasteiger partial charge in [-0.05, 0) is 5.92 Å². The van der Waals surface area contributed by atoms with Crippen molar-refractivity contribution >= 4 is 89.8 Å². The van der Waals surface area contributed by atoms with Crippen LogP contribution in [0.3, 0.4) is 0 Å². The van der Waals surface area contributed by atoms with Gasteiger partial charge in [0.25, 0.3) is 0 Å². The minimum atomic E-state index is -1.90. The molecule has 0 rings (SSSR count). The van der Waals surface area contributed by atoms with Crippen LogP contribution in [0.1, 0.15) is 13.8 Å². The third-order valence-electron chi connectivity index (χ3n) is 1.38. The minimum absolute atomic E-state index is 0.0272. The van der Waals surface area contributed by atoms with Crippen LogP contribution in [0.2, 0.25) is 0 Å². The van der Waals surface area contributed by atoms with Crippen LogP contribution in [0.25, 0.3) is 0 Å². The molecule has 0 unspecified atom stereocenters. The molecule has 11 heteroatoms. The summed E-state index contributed by atoms with van der Waals surface area (Å²) in [6, 6.07) is 0. The summed E-state index contributed by atoms with van der Waals surface area (Å²) >= 11 is 39.3. The molecular formula is C8H12Cl7O3P. The lowest BCUT2D eigenvalue weighted by atomic mass is 10.2. The number of hydrogen-bond donors (Lipinski definition) is 0. The van der Waals surface area contributed by atoms with Crippen LogP contribution in [0, 0.1) is 5.92 Å². The van der Waals surface area contributed by atoms with Crippen LogP contribution >= 0.6 is 89.8 Å². The van der Waals surface area contributed by atoms with Gasteiger partial charge in [0.15, 0.2) is 0 Å².